The summed E-state index contributed by atoms with van der Waals surface area (Å²) in [4.78, 5) is 15.8. The van der Waals surface area contributed by atoms with Crippen LogP contribution in [0.4, 0.5) is 0 Å². The van der Waals surface area contributed by atoms with Gasteiger partial charge >= 0.3 is 0 Å². The molecule has 0 saturated heterocycles. The number of nitrogens with zero attached hydrogens (tertiary/aromatic N) is 3. The van der Waals surface area contributed by atoms with Gasteiger partial charge in [0.25, 0.3) is 5.56 Å². The first-order chi connectivity index (χ1) is 9.45. The van der Waals surface area contributed by atoms with Crippen molar-refractivity contribution in [2.45, 2.75) is 36.9 Å². The summed E-state index contributed by atoms with van der Waals surface area (Å²) in [6, 6.07) is 0. The molecule has 0 amide bonds. The topological polar surface area (TPSA) is 81.4 Å². The standard InChI is InChI=1S/C11H14ClN3O3S2/c1-2-3-4-5-6-20(17,18)11-14-15-9(16)8(12)7-13-10(15)19-11/h7H,2-6H2,1H3. The number of halogens is 1. The van der Waals surface area contributed by atoms with E-state index in [1.54, 1.807) is 0 Å². The van der Waals surface area contributed by atoms with E-state index in [4.69, 9.17) is 11.6 Å². The second kappa shape index (κ2) is 6.19. The molecule has 0 radical (unpaired) electrons. The van der Waals surface area contributed by atoms with Crippen molar-refractivity contribution in [2.75, 3.05) is 5.75 Å². The van der Waals surface area contributed by atoms with Crippen LogP contribution >= 0.6 is 22.9 Å². The zero-order valence-corrected chi connectivity index (χ0v) is 13.3. The van der Waals surface area contributed by atoms with Crippen LogP contribution in [0.1, 0.15) is 32.6 Å². The fourth-order valence-corrected chi connectivity index (χ4v) is 4.35. The van der Waals surface area contributed by atoms with Gasteiger partial charge in [-0.2, -0.15) is 4.52 Å². The third kappa shape index (κ3) is 3.18. The summed E-state index contributed by atoms with van der Waals surface area (Å²) in [6.07, 6.45) is 4.71. The van der Waals surface area contributed by atoms with Crippen molar-refractivity contribution in [3.63, 3.8) is 0 Å². The summed E-state index contributed by atoms with van der Waals surface area (Å²) in [7, 11) is -3.47. The van der Waals surface area contributed by atoms with Crippen LogP contribution in [-0.4, -0.2) is 28.8 Å². The second-order valence-corrected chi connectivity index (χ2v) is 8.00. The highest BCUT2D eigenvalue weighted by Crippen LogP contribution is 2.19. The van der Waals surface area contributed by atoms with Gasteiger partial charge in [-0.05, 0) is 6.42 Å². The predicted octanol–water partition coefficient (Wildman–Crippen LogP) is 2.16. The molecule has 0 aliphatic carbocycles. The SMILES string of the molecule is CCCCCCS(=O)(=O)c1nn2c(=O)c(Cl)cnc2s1. The van der Waals surface area contributed by atoms with Crippen LogP contribution < -0.4 is 5.56 Å². The van der Waals surface area contributed by atoms with E-state index in [1.165, 1.54) is 6.20 Å². The molecule has 0 unspecified atom stereocenters. The molecule has 0 bridgehead atoms. The van der Waals surface area contributed by atoms with Gasteiger partial charge in [0.1, 0.15) is 5.02 Å². The Bertz CT molecular complexity index is 767. The van der Waals surface area contributed by atoms with E-state index in [2.05, 4.69) is 17.0 Å². The van der Waals surface area contributed by atoms with Crippen LogP contribution in [0.5, 0.6) is 0 Å². The van der Waals surface area contributed by atoms with Gasteiger partial charge in [-0.25, -0.2) is 13.4 Å². The molecule has 0 fully saturated rings. The Kier molecular flexibility index (Phi) is 4.77. The first-order valence-electron chi connectivity index (χ1n) is 6.23. The van der Waals surface area contributed by atoms with Crippen molar-refractivity contribution in [3.8, 4) is 0 Å². The molecule has 20 heavy (non-hydrogen) atoms. The summed E-state index contributed by atoms with van der Waals surface area (Å²) in [5.74, 6) is 0.0370. The minimum Gasteiger partial charge on any atom is -0.266 e. The maximum absolute atomic E-state index is 12.1. The minimum atomic E-state index is -3.47. The number of hydrogen-bond donors (Lipinski definition) is 0. The van der Waals surface area contributed by atoms with Crippen LogP contribution in [0.3, 0.4) is 0 Å². The van der Waals surface area contributed by atoms with Gasteiger partial charge in [0.2, 0.25) is 19.1 Å². The normalized spacial score (nSPS) is 12.1. The van der Waals surface area contributed by atoms with Crippen LogP contribution in [0.25, 0.3) is 4.96 Å². The van der Waals surface area contributed by atoms with Gasteiger partial charge in [0.15, 0.2) is 0 Å². The Labute approximate surface area is 125 Å². The van der Waals surface area contributed by atoms with E-state index in [-0.39, 0.29) is 20.1 Å². The summed E-state index contributed by atoms with van der Waals surface area (Å²) >= 11 is 6.53. The lowest BCUT2D eigenvalue weighted by Crippen LogP contribution is -2.16. The first kappa shape index (κ1) is 15.4. The lowest BCUT2D eigenvalue weighted by Gasteiger charge is -1.99. The van der Waals surface area contributed by atoms with Gasteiger partial charge in [-0.1, -0.05) is 49.1 Å². The molecule has 0 saturated carbocycles. The zero-order valence-electron chi connectivity index (χ0n) is 10.9. The molecule has 0 aliphatic heterocycles. The predicted molar refractivity (Wildman–Crippen MR) is 78.3 cm³/mol. The molecule has 0 aromatic carbocycles. The maximum Gasteiger partial charge on any atom is 0.293 e. The average Bonchev–Trinajstić information content (AvgIpc) is 2.85. The fraction of sp³-hybridized carbons (Fsp3) is 0.545. The lowest BCUT2D eigenvalue weighted by atomic mass is 10.2. The fourth-order valence-electron chi connectivity index (χ4n) is 1.68. The van der Waals surface area contributed by atoms with Crippen LogP contribution in [0, 0.1) is 0 Å². The molecule has 2 aromatic rings. The Balaban J connectivity index is 2.28. The summed E-state index contributed by atoms with van der Waals surface area (Å²) < 4.78 is 25.1. The molecule has 110 valence electrons. The van der Waals surface area contributed by atoms with Crippen molar-refractivity contribution in [2.24, 2.45) is 0 Å². The van der Waals surface area contributed by atoms with E-state index in [9.17, 15) is 13.2 Å². The van der Waals surface area contributed by atoms with Gasteiger partial charge < -0.3 is 0 Å². The highest BCUT2D eigenvalue weighted by molar-refractivity contribution is 7.93. The highest BCUT2D eigenvalue weighted by atomic mass is 35.5. The quantitative estimate of drug-likeness (QED) is 0.755. The number of hydrogen-bond acceptors (Lipinski definition) is 6. The smallest absolute Gasteiger partial charge is 0.266 e. The zero-order chi connectivity index (χ0) is 14.8. The highest BCUT2D eigenvalue weighted by Gasteiger charge is 2.21. The van der Waals surface area contributed by atoms with E-state index < -0.39 is 15.4 Å². The molecular weight excluding hydrogens is 322 g/mol. The van der Waals surface area contributed by atoms with Crippen molar-refractivity contribution in [1.29, 1.82) is 0 Å². The van der Waals surface area contributed by atoms with E-state index in [0.29, 0.717) is 6.42 Å². The summed E-state index contributed by atoms with van der Waals surface area (Å²) in [6.45, 7) is 2.06. The number of fused-ring (bicyclic) bond motifs is 1. The summed E-state index contributed by atoms with van der Waals surface area (Å²) in [5, 5.41) is 3.75. The third-order valence-corrected chi connectivity index (χ3v) is 6.19. The van der Waals surface area contributed by atoms with Crippen molar-refractivity contribution in [3.05, 3.63) is 21.6 Å². The van der Waals surface area contributed by atoms with Gasteiger partial charge in [-0.3, -0.25) is 4.79 Å². The van der Waals surface area contributed by atoms with Crippen LogP contribution in [-0.2, 0) is 9.84 Å². The molecule has 2 rings (SSSR count). The number of sulfone groups is 1. The monoisotopic (exact) mass is 335 g/mol. The van der Waals surface area contributed by atoms with E-state index >= 15 is 0 Å². The molecule has 9 heteroatoms. The first-order valence-corrected chi connectivity index (χ1v) is 9.07. The second-order valence-electron chi connectivity index (χ2n) is 4.35. The molecule has 6 nitrogen and oxygen atoms in total. The molecule has 0 N–H and O–H groups in total. The van der Waals surface area contributed by atoms with Crippen molar-refractivity contribution < 1.29 is 8.42 Å². The molecule has 0 atom stereocenters. The number of unbranched alkanes of at least 4 members (excludes halogenated alkanes) is 3. The van der Waals surface area contributed by atoms with Gasteiger partial charge in [0.05, 0.1) is 11.9 Å². The number of aromatic nitrogens is 3. The molecular formula is C11H14ClN3O3S2. The van der Waals surface area contributed by atoms with Crippen molar-refractivity contribution in [1.82, 2.24) is 14.6 Å². The lowest BCUT2D eigenvalue weighted by molar-refractivity contribution is 0.586. The third-order valence-electron chi connectivity index (χ3n) is 2.76. The Morgan fingerprint density at radius 3 is 2.80 bits per heavy atom. The average molecular weight is 336 g/mol. The largest absolute Gasteiger partial charge is 0.293 e. The van der Waals surface area contributed by atoms with E-state index in [1.807, 2.05) is 0 Å². The molecule has 2 heterocycles. The summed E-state index contributed by atoms with van der Waals surface area (Å²) in [5.41, 5.74) is -0.555. The van der Waals surface area contributed by atoms with Crippen LogP contribution in [0.2, 0.25) is 5.02 Å². The Morgan fingerprint density at radius 1 is 1.35 bits per heavy atom. The van der Waals surface area contributed by atoms with E-state index in [0.717, 1.165) is 35.1 Å². The molecule has 0 aliphatic rings. The Morgan fingerprint density at radius 2 is 2.10 bits per heavy atom. The number of rotatable bonds is 6. The van der Waals surface area contributed by atoms with Crippen molar-refractivity contribution >= 4 is 37.7 Å². The van der Waals surface area contributed by atoms with Gasteiger partial charge in [-0.15, -0.1) is 5.10 Å². The van der Waals surface area contributed by atoms with Gasteiger partial charge in [0, 0.05) is 0 Å². The molecule has 2 aromatic heterocycles. The maximum atomic E-state index is 12.1. The van der Waals surface area contributed by atoms with Crippen LogP contribution in [0.15, 0.2) is 15.3 Å². The Hall–Kier alpha value is -0.990. The molecule has 0 spiro atoms. The minimum absolute atomic E-state index is 0.0370.